The van der Waals surface area contributed by atoms with E-state index in [-0.39, 0.29) is 6.03 Å². The van der Waals surface area contributed by atoms with Gasteiger partial charge in [-0.25, -0.2) is 4.79 Å². The van der Waals surface area contributed by atoms with Crippen molar-refractivity contribution in [3.63, 3.8) is 0 Å². The smallest absolute Gasteiger partial charge is 0.322 e. The van der Waals surface area contributed by atoms with E-state index in [2.05, 4.69) is 5.32 Å². The zero-order valence-corrected chi connectivity index (χ0v) is 10.3. The predicted molar refractivity (Wildman–Crippen MR) is 69.1 cm³/mol. The minimum Gasteiger partial charge on any atom is -0.368 e. The minimum absolute atomic E-state index is 0.262. The third-order valence-corrected chi connectivity index (χ3v) is 3.11. The minimum atomic E-state index is -0.477. The molecule has 0 bridgehead atoms. The van der Waals surface area contributed by atoms with Gasteiger partial charge in [0, 0.05) is 12.2 Å². The van der Waals surface area contributed by atoms with Crippen LogP contribution in [0.2, 0.25) is 0 Å². The van der Waals surface area contributed by atoms with E-state index in [1.54, 1.807) is 0 Å². The van der Waals surface area contributed by atoms with Crippen LogP contribution in [0.25, 0.3) is 0 Å². The van der Waals surface area contributed by atoms with Crippen LogP contribution in [-0.2, 0) is 4.79 Å². The Kier molecular flexibility index (Phi) is 3.50. The van der Waals surface area contributed by atoms with Crippen LogP contribution in [0.4, 0.5) is 10.5 Å². The second-order valence-electron chi connectivity index (χ2n) is 4.55. The zero-order valence-electron chi connectivity index (χ0n) is 10.3. The number of nitrogens with one attached hydrogen (secondary N) is 1. The van der Waals surface area contributed by atoms with Crippen LogP contribution in [-0.4, -0.2) is 29.4 Å². The first-order chi connectivity index (χ1) is 8.58. The molecule has 1 aliphatic heterocycles. The summed E-state index contributed by atoms with van der Waals surface area (Å²) in [5.74, 6) is -0.438. The van der Waals surface area contributed by atoms with Gasteiger partial charge in [-0.05, 0) is 37.5 Å². The number of carbonyl (C=O) groups is 2. The van der Waals surface area contributed by atoms with Gasteiger partial charge in [-0.2, -0.15) is 0 Å². The summed E-state index contributed by atoms with van der Waals surface area (Å²) in [7, 11) is 0. The van der Waals surface area contributed by atoms with Gasteiger partial charge >= 0.3 is 6.03 Å². The quantitative estimate of drug-likeness (QED) is 0.830. The summed E-state index contributed by atoms with van der Waals surface area (Å²) in [6, 6.07) is 6.79. The first-order valence-corrected chi connectivity index (χ1v) is 6.01. The Bertz CT molecular complexity index is 473. The highest BCUT2D eigenvalue weighted by molar-refractivity contribution is 5.93. The van der Waals surface area contributed by atoms with Crippen molar-refractivity contribution in [3.8, 4) is 0 Å². The van der Waals surface area contributed by atoms with Crippen LogP contribution in [0.15, 0.2) is 24.3 Å². The monoisotopic (exact) mass is 247 g/mol. The molecule has 1 aromatic carbocycles. The molecule has 1 aromatic rings. The summed E-state index contributed by atoms with van der Waals surface area (Å²) in [5, 5.41) is 2.79. The highest BCUT2D eigenvalue weighted by Crippen LogP contribution is 2.19. The van der Waals surface area contributed by atoms with Gasteiger partial charge in [0.25, 0.3) is 0 Å². The van der Waals surface area contributed by atoms with Crippen molar-refractivity contribution in [2.75, 3.05) is 11.9 Å². The third kappa shape index (κ3) is 2.61. The predicted octanol–water partition coefficient (Wildman–Crippen LogP) is 1.48. The molecule has 5 nitrogen and oxygen atoms in total. The molecule has 2 rings (SSSR count). The fraction of sp³-hybridized carbons (Fsp3) is 0.385. The lowest BCUT2D eigenvalue weighted by molar-refractivity contribution is -0.121. The van der Waals surface area contributed by atoms with Crippen LogP contribution in [0.1, 0.15) is 18.4 Å². The van der Waals surface area contributed by atoms with Crippen LogP contribution in [0.3, 0.4) is 0 Å². The number of rotatable bonds is 2. The number of likely N-dealkylation sites (tertiary alicyclic amines) is 1. The van der Waals surface area contributed by atoms with Crippen molar-refractivity contribution in [2.45, 2.75) is 25.8 Å². The number of urea groups is 1. The van der Waals surface area contributed by atoms with Crippen molar-refractivity contribution in [1.82, 2.24) is 4.90 Å². The average Bonchev–Trinajstić information content (AvgIpc) is 2.77. The van der Waals surface area contributed by atoms with Crippen LogP contribution < -0.4 is 11.1 Å². The number of nitrogens with two attached hydrogens (primary N) is 1. The second-order valence-corrected chi connectivity index (χ2v) is 4.55. The number of carbonyl (C=O) groups excluding carboxylic acids is 2. The summed E-state index contributed by atoms with van der Waals surface area (Å²) in [5.41, 5.74) is 7.08. The van der Waals surface area contributed by atoms with Crippen molar-refractivity contribution >= 4 is 17.6 Å². The molecule has 3 amide bonds. The highest BCUT2D eigenvalue weighted by Gasteiger charge is 2.32. The fourth-order valence-electron chi connectivity index (χ4n) is 2.22. The van der Waals surface area contributed by atoms with E-state index in [0.717, 1.165) is 17.7 Å². The zero-order chi connectivity index (χ0) is 13.1. The fourth-order valence-corrected chi connectivity index (χ4v) is 2.22. The van der Waals surface area contributed by atoms with E-state index in [4.69, 9.17) is 5.73 Å². The molecule has 0 spiro atoms. The molecular formula is C13H17N3O2. The van der Waals surface area contributed by atoms with Gasteiger partial charge in [-0.3, -0.25) is 4.79 Å². The Morgan fingerprint density at radius 3 is 2.89 bits per heavy atom. The molecule has 1 fully saturated rings. The average molecular weight is 247 g/mol. The van der Waals surface area contributed by atoms with Crippen LogP contribution in [0.5, 0.6) is 0 Å². The first kappa shape index (κ1) is 12.4. The summed E-state index contributed by atoms with van der Waals surface area (Å²) in [6.45, 7) is 2.53. The van der Waals surface area contributed by atoms with Crippen molar-refractivity contribution in [2.24, 2.45) is 5.73 Å². The Morgan fingerprint density at radius 2 is 2.22 bits per heavy atom. The number of hydrogen-bond donors (Lipinski definition) is 2. The molecule has 0 unspecified atom stereocenters. The van der Waals surface area contributed by atoms with E-state index < -0.39 is 11.9 Å². The summed E-state index contributed by atoms with van der Waals surface area (Å²) in [4.78, 5) is 24.8. The van der Waals surface area contributed by atoms with Crippen molar-refractivity contribution in [1.29, 1.82) is 0 Å². The number of hydrogen-bond acceptors (Lipinski definition) is 2. The van der Waals surface area contributed by atoms with E-state index in [9.17, 15) is 9.59 Å². The van der Waals surface area contributed by atoms with Crippen molar-refractivity contribution in [3.05, 3.63) is 29.8 Å². The Morgan fingerprint density at radius 1 is 1.44 bits per heavy atom. The number of primary amides is 1. The SMILES string of the molecule is Cc1cccc(NC(=O)N2CCC[C@H]2C(N)=O)c1. The molecule has 0 aromatic heterocycles. The summed E-state index contributed by atoms with van der Waals surface area (Å²) in [6.07, 6.45) is 1.46. The van der Waals surface area contributed by atoms with Crippen molar-refractivity contribution < 1.29 is 9.59 Å². The third-order valence-electron chi connectivity index (χ3n) is 3.11. The molecule has 3 N–H and O–H groups in total. The van der Waals surface area contributed by atoms with Gasteiger partial charge < -0.3 is 16.0 Å². The molecule has 0 aliphatic carbocycles. The Balaban J connectivity index is 2.06. The summed E-state index contributed by atoms with van der Waals surface area (Å²) >= 11 is 0. The van der Waals surface area contributed by atoms with Gasteiger partial charge in [0.1, 0.15) is 6.04 Å². The van der Waals surface area contributed by atoms with Gasteiger partial charge in [0.2, 0.25) is 5.91 Å². The van der Waals surface area contributed by atoms with E-state index in [1.807, 2.05) is 31.2 Å². The molecule has 0 radical (unpaired) electrons. The molecular weight excluding hydrogens is 230 g/mol. The number of benzene rings is 1. The largest absolute Gasteiger partial charge is 0.368 e. The Hall–Kier alpha value is -2.04. The summed E-state index contributed by atoms with van der Waals surface area (Å²) < 4.78 is 0. The molecule has 1 heterocycles. The van der Waals surface area contributed by atoms with Gasteiger partial charge in [0.05, 0.1) is 0 Å². The lowest BCUT2D eigenvalue weighted by Gasteiger charge is -2.22. The van der Waals surface area contributed by atoms with Crippen LogP contribution >= 0.6 is 0 Å². The molecule has 1 saturated heterocycles. The standard InChI is InChI=1S/C13H17N3O2/c1-9-4-2-5-10(8-9)15-13(18)16-7-3-6-11(16)12(14)17/h2,4-5,8,11H,3,6-7H2,1H3,(H2,14,17)(H,15,18)/t11-/m0/s1. The van der Waals surface area contributed by atoms with E-state index in [1.165, 1.54) is 4.90 Å². The van der Waals surface area contributed by atoms with E-state index >= 15 is 0 Å². The number of amides is 3. The highest BCUT2D eigenvalue weighted by atomic mass is 16.2. The maximum Gasteiger partial charge on any atom is 0.322 e. The molecule has 5 heteroatoms. The van der Waals surface area contributed by atoms with Gasteiger partial charge in [-0.15, -0.1) is 0 Å². The topological polar surface area (TPSA) is 75.4 Å². The van der Waals surface area contributed by atoms with E-state index in [0.29, 0.717) is 13.0 Å². The molecule has 0 saturated carbocycles. The maximum atomic E-state index is 12.0. The maximum absolute atomic E-state index is 12.0. The second kappa shape index (κ2) is 5.08. The van der Waals surface area contributed by atoms with Gasteiger partial charge in [0.15, 0.2) is 0 Å². The first-order valence-electron chi connectivity index (χ1n) is 6.01. The molecule has 1 aliphatic rings. The molecule has 18 heavy (non-hydrogen) atoms. The molecule has 1 atom stereocenters. The lowest BCUT2D eigenvalue weighted by atomic mass is 10.2. The lowest BCUT2D eigenvalue weighted by Crippen LogP contribution is -2.45. The number of anilines is 1. The van der Waals surface area contributed by atoms with Gasteiger partial charge in [-0.1, -0.05) is 12.1 Å². The van der Waals surface area contributed by atoms with Crippen LogP contribution in [0, 0.1) is 6.92 Å². The number of nitrogens with zero attached hydrogens (tertiary/aromatic N) is 1. The number of aryl methyl sites for hydroxylation is 1. The normalized spacial score (nSPS) is 18.7. The molecule has 96 valence electrons. The Labute approximate surface area is 106 Å².